The van der Waals surface area contributed by atoms with Gasteiger partial charge in [-0.15, -0.1) is 0 Å². The fourth-order valence-corrected chi connectivity index (χ4v) is 2.22. The molecule has 8 heteroatoms. The van der Waals surface area contributed by atoms with Gasteiger partial charge >= 0.3 is 41.5 Å². The van der Waals surface area contributed by atoms with Crippen LogP contribution < -0.4 is 34.7 Å². The maximum Gasteiger partial charge on any atom is 1.00 e. The second kappa shape index (κ2) is 11.1. The van der Waals surface area contributed by atoms with Crippen LogP contribution in [0.5, 0.6) is 0 Å². The van der Waals surface area contributed by atoms with Gasteiger partial charge in [0.1, 0.15) is 11.7 Å². The number of esters is 2. The van der Waals surface area contributed by atoms with Gasteiger partial charge < -0.3 is 19.3 Å². The van der Waals surface area contributed by atoms with E-state index in [0.29, 0.717) is 5.02 Å². The van der Waals surface area contributed by atoms with E-state index < -0.39 is 23.6 Å². The first-order chi connectivity index (χ1) is 10.9. The molecule has 0 radical (unpaired) electrons. The van der Waals surface area contributed by atoms with Gasteiger partial charge in [0.2, 0.25) is 0 Å². The molecule has 0 fully saturated rings. The van der Waals surface area contributed by atoms with Gasteiger partial charge in [0.25, 0.3) is 0 Å². The van der Waals surface area contributed by atoms with Crippen LogP contribution in [0, 0.1) is 0 Å². The van der Waals surface area contributed by atoms with Crippen molar-refractivity contribution in [3.05, 3.63) is 34.9 Å². The van der Waals surface area contributed by atoms with E-state index in [1.165, 1.54) is 24.3 Å². The summed E-state index contributed by atoms with van der Waals surface area (Å²) in [6.07, 6.45) is 0. The smallest absolute Gasteiger partial charge is 0.819 e. The van der Waals surface area contributed by atoms with E-state index in [4.69, 9.17) is 25.8 Å². The molecule has 1 aromatic rings. The van der Waals surface area contributed by atoms with Crippen molar-refractivity contribution >= 4 is 23.5 Å². The molecule has 6 nitrogen and oxygen atoms in total. The minimum atomic E-state index is -2.73. The average molecular weight is 367 g/mol. The van der Waals surface area contributed by atoms with E-state index in [1.54, 1.807) is 20.8 Å². The van der Waals surface area contributed by atoms with E-state index in [-0.39, 0.29) is 54.9 Å². The molecule has 24 heavy (non-hydrogen) atoms. The molecule has 0 bridgehead atoms. The molecule has 0 saturated carbocycles. The van der Waals surface area contributed by atoms with E-state index in [1.807, 2.05) is 0 Å². The first-order valence-corrected chi connectivity index (χ1v) is 7.72. The summed E-state index contributed by atoms with van der Waals surface area (Å²) in [6, 6.07) is 5.99. The van der Waals surface area contributed by atoms with Gasteiger partial charge in [-0.25, -0.2) is 0 Å². The molecule has 0 N–H and O–H groups in total. The third-order valence-corrected chi connectivity index (χ3v) is 3.28. The van der Waals surface area contributed by atoms with Crippen LogP contribution in [0.3, 0.4) is 0 Å². The maximum absolute atomic E-state index is 13.1. The van der Waals surface area contributed by atoms with Gasteiger partial charge in [0.15, 0.2) is 0 Å². The third-order valence-electron chi connectivity index (χ3n) is 3.02. The Bertz CT molecular complexity index is 536. The van der Waals surface area contributed by atoms with Crippen LogP contribution in [0.25, 0.3) is 0 Å². The van der Waals surface area contributed by atoms with Crippen molar-refractivity contribution in [2.45, 2.75) is 32.5 Å². The van der Waals surface area contributed by atoms with Crippen LogP contribution in [0.15, 0.2) is 24.3 Å². The molecular weight excluding hydrogens is 347 g/mol. The van der Waals surface area contributed by atoms with Gasteiger partial charge in [-0.1, -0.05) is 23.7 Å². The van der Waals surface area contributed by atoms with Gasteiger partial charge in [-0.2, -0.15) is 0 Å². The Hall–Kier alpha value is -0.630. The molecule has 0 heterocycles. The monoisotopic (exact) mass is 366 g/mol. The second-order valence-corrected chi connectivity index (χ2v) is 4.99. The predicted molar refractivity (Wildman–Crippen MR) is 81.8 cm³/mol. The summed E-state index contributed by atoms with van der Waals surface area (Å²) in [7, 11) is 0. The van der Waals surface area contributed by atoms with Crippen molar-refractivity contribution in [2.24, 2.45) is 0 Å². The summed E-state index contributed by atoms with van der Waals surface area (Å²) in [6.45, 7) is 4.71. The van der Waals surface area contributed by atoms with E-state index >= 15 is 0 Å². The fraction of sp³-hybridized carbons (Fsp3) is 0.500. The Morgan fingerprint density at radius 3 is 2.08 bits per heavy atom. The van der Waals surface area contributed by atoms with Crippen LogP contribution in [-0.2, 0) is 23.8 Å². The van der Waals surface area contributed by atoms with E-state index in [2.05, 4.69) is 0 Å². The van der Waals surface area contributed by atoms with Crippen LogP contribution in [-0.4, -0.2) is 37.5 Å². The van der Waals surface area contributed by atoms with Crippen molar-refractivity contribution in [2.75, 3.05) is 19.8 Å². The van der Waals surface area contributed by atoms with Gasteiger partial charge in [-0.05, 0) is 38.5 Å². The van der Waals surface area contributed by atoms with Crippen molar-refractivity contribution in [1.82, 2.24) is 0 Å². The minimum absolute atomic E-state index is 0. The molecular formula is C16H20ClNaO6. The molecule has 2 atom stereocenters. The SMILES string of the molecule is CCOC(=O)C(c1ccc(Cl)cc1)C([O-])(OCC)C(=O)OCC.[Na+]. The van der Waals surface area contributed by atoms with Crippen LogP contribution in [0.4, 0.5) is 0 Å². The zero-order valence-corrected chi connectivity index (χ0v) is 17.1. The van der Waals surface area contributed by atoms with Crippen LogP contribution >= 0.6 is 11.6 Å². The summed E-state index contributed by atoms with van der Waals surface area (Å²) in [5.74, 6) is -6.25. The van der Waals surface area contributed by atoms with E-state index in [0.717, 1.165) is 0 Å². The number of halogens is 1. The van der Waals surface area contributed by atoms with Crippen molar-refractivity contribution < 1.29 is 58.5 Å². The summed E-state index contributed by atoms with van der Waals surface area (Å²) in [4.78, 5) is 24.5. The van der Waals surface area contributed by atoms with Crippen molar-refractivity contribution in [3.63, 3.8) is 0 Å². The summed E-state index contributed by atoms with van der Waals surface area (Å²) >= 11 is 5.83. The summed E-state index contributed by atoms with van der Waals surface area (Å²) in [5.41, 5.74) is 0.268. The normalized spacial score (nSPS) is 14.0. The summed E-state index contributed by atoms with van der Waals surface area (Å²) < 4.78 is 14.8. The predicted octanol–water partition coefficient (Wildman–Crippen LogP) is -1.35. The Labute approximate surface area is 168 Å². The largest absolute Gasteiger partial charge is 1.00 e. The first-order valence-electron chi connectivity index (χ1n) is 7.34. The zero-order valence-electron chi connectivity index (χ0n) is 14.3. The van der Waals surface area contributed by atoms with Crippen molar-refractivity contribution in [1.29, 1.82) is 0 Å². The van der Waals surface area contributed by atoms with Gasteiger partial charge in [0, 0.05) is 11.6 Å². The molecule has 0 aliphatic rings. The number of hydrogen-bond acceptors (Lipinski definition) is 6. The van der Waals surface area contributed by atoms with E-state index in [9.17, 15) is 14.7 Å². The summed E-state index contributed by atoms with van der Waals surface area (Å²) in [5, 5.41) is 13.5. The van der Waals surface area contributed by atoms with Crippen LogP contribution in [0.2, 0.25) is 5.02 Å². The Balaban J connectivity index is 0.00000529. The maximum atomic E-state index is 13.1. The second-order valence-electron chi connectivity index (χ2n) is 4.56. The topological polar surface area (TPSA) is 84.9 Å². The molecule has 0 spiro atoms. The number of benzene rings is 1. The first kappa shape index (κ1) is 23.4. The molecule has 0 amide bonds. The fourth-order valence-electron chi connectivity index (χ4n) is 2.10. The van der Waals surface area contributed by atoms with Crippen molar-refractivity contribution in [3.8, 4) is 0 Å². The number of ether oxygens (including phenoxy) is 3. The Kier molecular flexibility index (Phi) is 10.8. The minimum Gasteiger partial charge on any atom is -0.819 e. The van der Waals surface area contributed by atoms with Gasteiger partial charge in [-0.3, -0.25) is 9.59 Å². The average Bonchev–Trinajstić information content (AvgIpc) is 2.50. The standard InChI is InChI=1S/C16H20ClO6.Na/c1-4-21-14(18)13(11-7-9-12(17)10-8-11)16(20,23-6-3)15(19)22-5-2;/h7-10,13H,4-6H2,1-3H3;/q-1;+1. The number of carbonyl (C=O) groups is 2. The molecule has 128 valence electrons. The number of hydrogen-bond donors (Lipinski definition) is 0. The molecule has 0 saturated heterocycles. The molecule has 0 aromatic heterocycles. The molecule has 1 aromatic carbocycles. The Morgan fingerprint density at radius 1 is 1.08 bits per heavy atom. The molecule has 1 rings (SSSR count). The van der Waals surface area contributed by atoms with Crippen LogP contribution in [0.1, 0.15) is 32.3 Å². The third kappa shape index (κ3) is 5.72. The Morgan fingerprint density at radius 2 is 1.62 bits per heavy atom. The number of carbonyl (C=O) groups excluding carboxylic acids is 2. The molecule has 0 aliphatic heterocycles. The number of rotatable bonds is 8. The quantitative estimate of drug-likeness (QED) is 0.321. The molecule has 2 unspecified atom stereocenters. The van der Waals surface area contributed by atoms with Gasteiger partial charge in [0.05, 0.1) is 13.2 Å². The zero-order chi connectivity index (χ0) is 17.5. The molecule has 0 aliphatic carbocycles.